The molecule has 1 aromatic heterocycles. The fraction of sp³-hybridized carbons (Fsp3) is 0.211. The number of hydrogen-bond acceptors (Lipinski definition) is 3. The molecule has 0 aliphatic carbocycles. The Balaban J connectivity index is 1.92. The van der Waals surface area contributed by atoms with Crippen LogP contribution in [0.15, 0.2) is 59.0 Å². The zero-order valence-corrected chi connectivity index (χ0v) is 13.9. The molecular formula is C19H16F3NO3. The van der Waals surface area contributed by atoms with Crippen molar-refractivity contribution in [2.75, 3.05) is 13.6 Å². The smallest absolute Gasteiger partial charge is 0.406 e. The van der Waals surface area contributed by atoms with E-state index in [0.29, 0.717) is 27.2 Å². The molecule has 0 N–H and O–H groups in total. The molecule has 0 fully saturated rings. The van der Waals surface area contributed by atoms with E-state index in [9.17, 15) is 18.0 Å². The van der Waals surface area contributed by atoms with Crippen molar-refractivity contribution >= 4 is 16.9 Å². The van der Waals surface area contributed by atoms with Gasteiger partial charge in [-0.05, 0) is 18.2 Å². The van der Waals surface area contributed by atoms with Gasteiger partial charge in [-0.3, -0.25) is 4.79 Å². The average Bonchev–Trinajstić information content (AvgIpc) is 2.97. The summed E-state index contributed by atoms with van der Waals surface area (Å²) in [4.78, 5) is 13.1. The van der Waals surface area contributed by atoms with Crippen molar-refractivity contribution in [1.29, 1.82) is 0 Å². The number of alkyl halides is 3. The van der Waals surface area contributed by atoms with Crippen LogP contribution in [0.4, 0.5) is 13.2 Å². The number of fused-ring (bicyclic) bond motifs is 1. The van der Waals surface area contributed by atoms with Crippen LogP contribution in [0.3, 0.4) is 0 Å². The fourth-order valence-electron chi connectivity index (χ4n) is 2.60. The summed E-state index contributed by atoms with van der Waals surface area (Å²) in [5.41, 5.74) is 0.839. The van der Waals surface area contributed by atoms with Gasteiger partial charge in [0, 0.05) is 18.0 Å². The number of carbonyl (C=O) groups excluding carboxylic acids is 1. The first-order chi connectivity index (χ1) is 12.3. The number of rotatable bonds is 5. The highest BCUT2D eigenvalue weighted by molar-refractivity contribution is 5.99. The SMILES string of the molecule is CN(CC(F)(F)F)C(=O)c1oc2ccccc2c1COc1ccccc1. The highest BCUT2D eigenvalue weighted by Gasteiger charge is 2.33. The van der Waals surface area contributed by atoms with Crippen molar-refractivity contribution in [2.24, 2.45) is 0 Å². The lowest BCUT2D eigenvalue weighted by Crippen LogP contribution is -2.36. The summed E-state index contributed by atoms with van der Waals surface area (Å²) in [5, 5.41) is 0.632. The number of furan rings is 1. The van der Waals surface area contributed by atoms with E-state index in [0.717, 1.165) is 7.05 Å². The number of para-hydroxylation sites is 2. The van der Waals surface area contributed by atoms with E-state index < -0.39 is 18.6 Å². The Labute approximate surface area is 147 Å². The number of carbonyl (C=O) groups is 1. The standard InChI is InChI=1S/C19H16F3NO3/c1-23(12-19(20,21)22)18(24)17-15(11-25-13-7-3-2-4-8-13)14-9-5-6-10-16(14)26-17/h2-10H,11-12H2,1H3. The van der Waals surface area contributed by atoms with Crippen LogP contribution in [-0.4, -0.2) is 30.6 Å². The molecule has 0 bridgehead atoms. The highest BCUT2D eigenvalue weighted by atomic mass is 19.4. The van der Waals surface area contributed by atoms with Gasteiger partial charge in [0.15, 0.2) is 5.76 Å². The largest absolute Gasteiger partial charge is 0.489 e. The second kappa shape index (κ2) is 7.11. The van der Waals surface area contributed by atoms with Crippen molar-refractivity contribution in [3.05, 3.63) is 65.9 Å². The minimum absolute atomic E-state index is 0.00194. The van der Waals surface area contributed by atoms with Crippen molar-refractivity contribution < 1.29 is 27.1 Å². The third-order valence-corrected chi connectivity index (χ3v) is 3.78. The number of benzene rings is 2. The molecule has 2 aromatic carbocycles. The number of halogens is 3. The van der Waals surface area contributed by atoms with Gasteiger partial charge in [0.2, 0.25) is 0 Å². The molecule has 3 aromatic rings. The first-order valence-corrected chi connectivity index (χ1v) is 7.85. The second-order valence-electron chi connectivity index (χ2n) is 5.78. The summed E-state index contributed by atoms with van der Waals surface area (Å²) < 4.78 is 49.0. The van der Waals surface area contributed by atoms with Gasteiger partial charge in [-0.25, -0.2) is 0 Å². The summed E-state index contributed by atoms with van der Waals surface area (Å²) in [6.07, 6.45) is -4.49. The molecular weight excluding hydrogens is 347 g/mol. The second-order valence-corrected chi connectivity index (χ2v) is 5.78. The Morgan fingerprint density at radius 2 is 1.73 bits per heavy atom. The third kappa shape index (κ3) is 3.99. The molecule has 0 saturated heterocycles. The highest BCUT2D eigenvalue weighted by Crippen LogP contribution is 2.29. The van der Waals surface area contributed by atoms with Crippen LogP contribution in [0.5, 0.6) is 5.75 Å². The monoisotopic (exact) mass is 363 g/mol. The fourth-order valence-corrected chi connectivity index (χ4v) is 2.60. The van der Waals surface area contributed by atoms with Crippen molar-refractivity contribution in [3.8, 4) is 5.75 Å². The summed E-state index contributed by atoms with van der Waals surface area (Å²) in [6.45, 7) is -1.36. The molecule has 1 amide bonds. The Kier molecular flexibility index (Phi) is 4.88. The quantitative estimate of drug-likeness (QED) is 0.663. The lowest BCUT2D eigenvalue weighted by molar-refractivity contribution is -0.138. The van der Waals surface area contributed by atoms with Gasteiger partial charge in [-0.15, -0.1) is 0 Å². The van der Waals surface area contributed by atoms with Crippen molar-refractivity contribution in [2.45, 2.75) is 12.8 Å². The van der Waals surface area contributed by atoms with Crippen molar-refractivity contribution in [3.63, 3.8) is 0 Å². The molecule has 0 aliphatic rings. The Morgan fingerprint density at radius 1 is 1.08 bits per heavy atom. The maximum atomic E-state index is 12.6. The van der Waals surface area contributed by atoms with E-state index in [1.165, 1.54) is 0 Å². The van der Waals surface area contributed by atoms with E-state index in [4.69, 9.17) is 9.15 Å². The van der Waals surface area contributed by atoms with Gasteiger partial charge < -0.3 is 14.1 Å². The van der Waals surface area contributed by atoms with Gasteiger partial charge in [0.1, 0.15) is 24.5 Å². The average molecular weight is 363 g/mol. The van der Waals surface area contributed by atoms with Gasteiger partial charge in [0.05, 0.1) is 0 Å². The summed E-state index contributed by atoms with van der Waals surface area (Å²) in [5.74, 6) is -0.404. The minimum atomic E-state index is -4.49. The Morgan fingerprint density at radius 3 is 2.42 bits per heavy atom. The molecule has 0 spiro atoms. The number of nitrogens with zero attached hydrogens (tertiary/aromatic N) is 1. The van der Waals surface area contributed by atoms with E-state index in [2.05, 4.69) is 0 Å². The molecule has 7 heteroatoms. The normalized spacial score (nSPS) is 11.5. The maximum Gasteiger partial charge on any atom is 0.406 e. The van der Waals surface area contributed by atoms with Gasteiger partial charge in [0.25, 0.3) is 5.91 Å². The third-order valence-electron chi connectivity index (χ3n) is 3.78. The van der Waals surface area contributed by atoms with Crippen LogP contribution in [0, 0.1) is 0 Å². The van der Waals surface area contributed by atoms with E-state index in [-0.39, 0.29) is 12.4 Å². The number of amides is 1. The minimum Gasteiger partial charge on any atom is -0.489 e. The first kappa shape index (κ1) is 17.8. The molecule has 0 radical (unpaired) electrons. The van der Waals surface area contributed by atoms with E-state index in [1.807, 2.05) is 6.07 Å². The van der Waals surface area contributed by atoms with Crippen LogP contribution in [0.25, 0.3) is 11.0 Å². The van der Waals surface area contributed by atoms with Crippen molar-refractivity contribution in [1.82, 2.24) is 4.90 Å². The van der Waals surface area contributed by atoms with Gasteiger partial charge in [-0.1, -0.05) is 36.4 Å². The van der Waals surface area contributed by atoms with Crippen LogP contribution in [0.2, 0.25) is 0 Å². The molecule has 1 heterocycles. The first-order valence-electron chi connectivity index (χ1n) is 7.85. The van der Waals surface area contributed by atoms with E-state index >= 15 is 0 Å². The summed E-state index contributed by atoms with van der Waals surface area (Å²) in [7, 11) is 1.09. The molecule has 26 heavy (non-hydrogen) atoms. The molecule has 4 nitrogen and oxygen atoms in total. The molecule has 0 unspecified atom stereocenters. The molecule has 0 atom stereocenters. The Hall–Kier alpha value is -2.96. The lowest BCUT2D eigenvalue weighted by Gasteiger charge is -2.18. The molecule has 3 rings (SSSR count). The van der Waals surface area contributed by atoms with Crippen LogP contribution in [0.1, 0.15) is 16.1 Å². The lowest BCUT2D eigenvalue weighted by atomic mass is 10.1. The zero-order valence-electron chi connectivity index (χ0n) is 13.9. The topological polar surface area (TPSA) is 42.7 Å². The van der Waals surface area contributed by atoms with Crippen LogP contribution < -0.4 is 4.74 Å². The zero-order chi connectivity index (χ0) is 18.7. The van der Waals surface area contributed by atoms with Crippen LogP contribution in [-0.2, 0) is 6.61 Å². The van der Waals surface area contributed by atoms with Gasteiger partial charge in [-0.2, -0.15) is 13.2 Å². The molecule has 136 valence electrons. The predicted octanol–water partition coefficient (Wildman–Crippen LogP) is 4.65. The van der Waals surface area contributed by atoms with Crippen LogP contribution >= 0.6 is 0 Å². The summed E-state index contributed by atoms with van der Waals surface area (Å²) in [6, 6.07) is 15.8. The number of ether oxygens (including phenoxy) is 1. The Bertz CT molecular complexity index is 903. The molecule has 0 saturated carbocycles. The molecule has 0 aliphatic heterocycles. The number of hydrogen-bond donors (Lipinski definition) is 0. The van der Waals surface area contributed by atoms with Gasteiger partial charge >= 0.3 is 6.18 Å². The predicted molar refractivity (Wildman–Crippen MR) is 90.0 cm³/mol. The maximum absolute atomic E-state index is 12.6. The summed E-state index contributed by atoms with van der Waals surface area (Å²) >= 11 is 0. The van der Waals surface area contributed by atoms with E-state index in [1.54, 1.807) is 48.5 Å².